The number of rotatable bonds is 4. The molecule has 2 N–H and O–H groups in total. The summed E-state index contributed by atoms with van der Waals surface area (Å²) in [5.74, 6) is 0.902. The Morgan fingerprint density at radius 3 is 2.81 bits per heavy atom. The predicted molar refractivity (Wildman–Crippen MR) is 112 cm³/mol. The lowest BCUT2D eigenvalue weighted by molar-refractivity contribution is 0.927. The van der Waals surface area contributed by atoms with E-state index < -0.39 is 0 Å². The third kappa shape index (κ3) is 2.98. The van der Waals surface area contributed by atoms with E-state index in [9.17, 15) is 0 Å². The van der Waals surface area contributed by atoms with Gasteiger partial charge in [0.2, 0.25) is 0 Å². The summed E-state index contributed by atoms with van der Waals surface area (Å²) < 4.78 is 2.70. The smallest absolute Gasteiger partial charge is 0.172 e. The number of aromatic amines is 1. The fourth-order valence-corrected chi connectivity index (χ4v) is 3.57. The Balaban J connectivity index is 1.53. The van der Waals surface area contributed by atoms with Crippen LogP contribution in [0, 0.1) is 0 Å². The van der Waals surface area contributed by atoms with E-state index in [0.717, 1.165) is 32.7 Å². The van der Waals surface area contributed by atoms with E-state index >= 15 is 0 Å². The second-order valence-electron chi connectivity index (χ2n) is 6.37. The Morgan fingerprint density at radius 2 is 1.93 bits per heavy atom. The number of halogens is 1. The fraction of sp³-hybridized carbons (Fsp3) is 0.0476. The molecule has 5 aromatic rings. The van der Waals surface area contributed by atoms with Crippen LogP contribution in [0.25, 0.3) is 27.8 Å². The van der Waals surface area contributed by atoms with Crippen LogP contribution in [0.2, 0.25) is 0 Å². The first-order valence-corrected chi connectivity index (χ1v) is 9.47. The van der Waals surface area contributed by atoms with Crippen molar-refractivity contribution >= 4 is 38.3 Å². The number of nitrogens with one attached hydrogen (secondary N) is 2. The minimum atomic E-state index is 0.700. The van der Waals surface area contributed by atoms with Crippen molar-refractivity contribution in [3.63, 3.8) is 0 Å². The molecule has 0 atom stereocenters. The zero-order chi connectivity index (χ0) is 18.2. The highest BCUT2D eigenvalue weighted by atomic mass is 79.9. The minimum absolute atomic E-state index is 0.700. The average Bonchev–Trinajstić information content (AvgIpc) is 3.33. The van der Waals surface area contributed by atoms with Gasteiger partial charge < -0.3 is 10.3 Å². The molecule has 5 rings (SSSR count). The third-order valence-corrected chi connectivity index (χ3v) is 5.15. The molecule has 132 valence electrons. The molecule has 0 aliphatic heterocycles. The van der Waals surface area contributed by atoms with Gasteiger partial charge in [-0.1, -0.05) is 36.4 Å². The Morgan fingerprint density at radius 1 is 1.04 bits per heavy atom. The molecule has 3 heterocycles. The van der Waals surface area contributed by atoms with Crippen molar-refractivity contribution in [1.82, 2.24) is 19.6 Å². The van der Waals surface area contributed by atoms with E-state index in [1.807, 2.05) is 35.0 Å². The molecule has 0 amide bonds. The van der Waals surface area contributed by atoms with Gasteiger partial charge in [0, 0.05) is 29.9 Å². The quantitative estimate of drug-likeness (QED) is 0.419. The van der Waals surface area contributed by atoms with Crippen LogP contribution in [0.1, 0.15) is 5.56 Å². The van der Waals surface area contributed by atoms with Crippen molar-refractivity contribution in [3.05, 3.63) is 83.1 Å². The molecule has 0 saturated heterocycles. The van der Waals surface area contributed by atoms with E-state index in [-0.39, 0.29) is 0 Å². The van der Waals surface area contributed by atoms with Crippen molar-refractivity contribution in [2.24, 2.45) is 0 Å². The van der Waals surface area contributed by atoms with E-state index in [2.05, 4.69) is 67.7 Å². The first-order chi connectivity index (χ1) is 13.3. The van der Waals surface area contributed by atoms with E-state index in [1.54, 1.807) is 6.20 Å². The number of benzene rings is 2. The van der Waals surface area contributed by atoms with E-state index in [0.29, 0.717) is 6.54 Å². The summed E-state index contributed by atoms with van der Waals surface area (Å²) in [7, 11) is 0. The van der Waals surface area contributed by atoms with Crippen molar-refractivity contribution < 1.29 is 0 Å². The van der Waals surface area contributed by atoms with Crippen LogP contribution in [-0.2, 0) is 6.54 Å². The number of fused-ring (bicyclic) bond motifs is 2. The van der Waals surface area contributed by atoms with Gasteiger partial charge in [-0.2, -0.15) is 9.61 Å². The lowest BCUT2D eigenvalue weighted by Crippen LogP contribution is -2.06. The molecule has 0 fully saturated rings. The molecule has 0 aliphatic carbocycles. The Labute approximate surface area is 164 Å². The molecule has 0 spiro atoms. The van der Waals surface area contributed by atoms with Gasteiger partial charge in [0.1, 0.15) is 5.82 Å². The second kappa shape index (κ2) is 6.55. The van der Waals surface area contributed by atoms with Crippen LogP contribution in [-0.4, -0.2) is 19.6 Å². The maximum Gasteiger partial charge on any atom is 0.172 e. The van der Waals surface area contributed by atoms with Gasteiger partial charge in [-0.15, -0.1) is 0 Å². The van der Waals surface area contributed by atoms with Crippen molar-refractivity contribution in [2.75, 3.05) is 5.32 Å². The molecule has 0 bridgehead atoms. The summed E-state index contributed by atoms with van der Waals surface area (Å²) in [6.07, 6.45) is 3.73. The molecule has 27 heavy (non-hydrogen) atoms. The molecule has 0 saturated carbocycles. The lowest BCUT2D eigenvalue weighted by atomic mass is 10.1. The second-order valence-corrected chi connectivity index (χ2v) is 7.23. The van der Waals surface area contributed by atoms with Gasteiger partial charge in [0.15, 0.2) is 5.65 Å². The minimum Gasteiger partial charge on any atom is -0.366 e. The fourth-order valence-electron chi connectivity index (χ4n) is 3.22. The van der Waals surface area contributed by atoms with Crippen molar-refractivity contribution in [1.29, 1.82) is 0 Å². The molecule has 6 heteroatoms. The molecule has 0 aliphatic rings. The Hall–Kier alpha value is -3.12. The van der Waals surface area contributed by atoms with Gasteiger partial charge >= 0.3 is 0 Å². The van der Waals surface area contributed by atoms with E-state index in [4.69, 9.17) is 4.98 Å². The van der Waals surface area contributed by atoms with Crippen LogP contribution in [0.4, 0.5) is 5.82 Å². The number of hydrogen-bond donors (Lipinski definition) is 2. The van der Waals surface area contributed by atoms with Gasteiger partial charge in [-0.25, -0.2) is 4.98 Å². The summed E-state index contributed by atoms with van der Waals surface area (Å²) in [5.41, 5.74) is 5.13. The first kappa shape index (κ1) is 16.1. The highest BCUT2D eigenvalue weighted by Gasteiger charge is 2.11. The normalized spacial score (nSPS) is 11.3. The average molecular weight is 418 g/mol. The monoisotopic (exact) mass is 417 g/mol. The topological polar surface area (TPSA) is 58.0 Å². The number of nitrogens with zero attached hydrogens (tertiary/aromatic N) is 3. The largest absolute Gasteiger partial charge is 0.366 e. The predicted octanol–water partition coefficient (Wildman–Crippen LogP) is 5.25. The molecule has 5 nitrogen and oxygen atoms in total. The molecule has 0 radical (unpaired) electrons. The molecular weight excluding hydrogens is 402 g/mol. The first-order valence-electron chi connectivity index (χ1n) is 8.67. The van der Waals surface area contributed by atoms with Crippen LogP contribution >= 0.6 is 15.9 Å². The summed E-state index contributed by atoms with van der Waals surface area (Å²) in [6.45, 7) is 0.700. The van der Waals surface area contributed by atoms with Gasteiger partial charge in [0.25, 0.3) is 0 Å². The van der Waals surface area contributed by atoms with Gasteiger partial charge in [-0.3, -0.25) is 0 Å². The molecule has 2 aromatic carbocycles. The third-order valence-electron chi connectivity index (χ3n) is 4.59. The zero-order valence-corrected chi connectivity index (χ0v) is 15.9. The maximum absolute atomic E-state index is 4.76. The Kier molecular flexibility index (Phi) is 3.90. The maximum atomic E-state index is 4.76. The number of H-pyrrole nitrogens is 1. The van der Waals surface area contributed by atoms with Crippen LogP contribution in [0.3, 0.4) is 0 Å². The molecular formula is C21H16BrN5. The lowest BCUT2D eigenvalue weighted by Gasteiger charge is -2.11. The molecule has 0 unspecified atom stereocenters. The Bertz CT molecular complexity index is 1240. The summed E-state index contributed by atoms with van der Waals surface area (Å²) in [6, 6.07) is 20.7. The number of hydrogen-bond acceptors (Lipinski definition) is 3. The summed E-state index contributed by atoms with van der Waals surface area (Å²) >= 11 is 3.55. The number of anilines is 1. The summed E-state index contributed by atoms with van der Waals surface area (Å²) in [4.78, 5) is 7.99. The highest BCUT2D eigenvalue weighted by molar-refractivity contribution is 9.10. The van der Waals surface area contributed by atoms with Gasteiger partial charge in [-0.05, 0) is 45.1 Å². The van der Waals surface area contributed by atoms with Crippen LogP contribution < -0.4 is 5.32 Å². The summed E-state index contributed by atoms with van der Waals surface area (Å²) in [5, 5.41) is 9.17. The van der Waals surface area contributed by atoms with Gasteiger partial charge in [0.05, 0.1) is 16.4 Å². The molecule has 3 aromatic heterocycles. The van der Waals surface area contributed by atoms with Crippen molar-refractivity contribution in [2.45, 2.75) is 6.54 Å². The van der Waals surface area contributed by atoms with Crippen LogP contribution in [0.15, 0.2) is 77.5 Å². The number of aromatic nitrogens is 4. The van der Waals surface area contributed by atoms with Crippen molar-refractivity contribution in [3.8, 4) is 11.3 Å². The standard InChI is InChI=1S/C21H16BrN5/c22-17-13-25-27-20(11-19(26-21(17)27)15-4-2-1-3-5-15)24-12-14-6-7-18-16(10-14)8-9-23-18/h1-11,13,23-24H,12H2. The van der Waals surface area contributed by atoms with E-state index in [1.165, 1.54) is 10.9 Å². The SMILES string of the molecule is Brc1cnn2c(NCc3ccc4[nH]ccc4c3)cc(-c3ccccc3)nc12. The highest BCUT2D eigenvalue weighted by Crippen LogP contribution is 2.26. The van der Waals surface area contributed by atoms with Crippen LogP contribution in [0.5, 0.6) is 0 Å². The zero-order valence-electron chi connectivity index (χ0n) is 14.4.